The van der Waals surface area contributed by atoms with E-state index >= 15 is 0 Å². The van der Waals surface area contributed by atoms with Crippen LogP contribution in [-0.4, -0.2) is 60.9 Å². The van der Waals surface area contributed by atoms with Crippen molar-refractivity contribution in [2.45, 2.75) is 18.3 Å². The standard InChI is InChI=1S/C29H24F2N2O4S2.Na/c1-39(35,36)33-28(34)12-13-38-29-22-5-3-2-4-20(22)17-37-27-11-7-18(14-23(27)29)6-9-21-10-8-19-15-24(30)25(31)16-26(19)32-21;/h2-11,14-16,29H,12-13,17H2,1H3,(H,33,34);. The number of fused-ring (bicyclic) bond motifs is 3. The van der Waals surface area contributed by atoms with Crippen LogP contribution in [0, 0.1) is 11.6 Å². The molecule has 1 radical (unpaired) electrons. The summed E-state index contributed by atoms with van der Waals surface area (Å²) in [5.74, 6) is -1.28. The van der Waals surface area contributed by atoms with Gasteiger partial charge < -0.3 is 4.74 Å². The summed E-state index contributed by atoms with van der Waals surface area (Å²) >= 11 is 1.54. The summed E-state index contributed by atoms with van der Waals surface area (Å²) in [5.41, 5.74) is 4.86. The van der Waals surface area contributed by atoms with Crippen LogP contribution in [0.4, 0.5) is 8.78 Å². The van der Waals surface area contributed by atoms with Crippen LogP contribution in [-0.2, 0) is 21.4 Å². The van der Waals surface area contributed by atoms with E-state index in [0.29, 0.717) is 29.0 Å². The number of benzene rings is 3. The van der Waals surface area contributed by atoms with E-state index in [9.17, 15) is 22.0 Å². The van der Waals surface area contributed by atoms with Crippen molar-refractivity contribution in [2.24, 2.45) is 0 Å². The van der Waals surface area contributed by atoms with Crippen LogP contribution in [0.3, 0.4) is 0 Å². The second-order valence-corrected chi connectivity index (χ2v) is 12.1. The molecule has 1 aliphatic rings. The number of halogens is 2. The maximum atomic E-state index is 13.7. The van der Waals surface area contributed by atoms with Gasteiger partial charge in [-0.25, -0.2) is 22.2 Å². The minimum Gasteiger partial charge on any atom is -0.489 e. The number of sulfonamides is 1. The second kappa shape index (κ2) is 12.8. The maximum absolute atomic E-state index is 13.7. The molecule has 201 valence electrons. The first-order valence-electron chi connectivity index (χ1n) is 12.1. The fourth-order valence-electron chi connectivity index (χ4n) is 4.37. The predicted molar refractivity (Wildman–Crippen MR) is 155 cm³/mol. The number of pyridine rings is 1. The van der Waals surface area contributed by atoms with Crippen molar-refractivity contribution in [3.8, 4) is 5.75 Å². The van der Waals surface area contributed by atoms with Gasteiger partial charge in [0, 0.05) is 58.7 Å². The molecule has 3 aromatic carbocycles. The molecule has 40 heavy (non-hydrogen) atoms. The Hall–Kier alpha value is -2.76. The first kappa shape index (κ1) is 30.2. The summed E-state index contributed by atoms with van der Waals surface area (Å²) in [6, 6.07) is 19.4. The minimum atomic E-state index is -3.61. The molecule has 1 aromatic heterocycles. The Morgan fingerprint density at radius 2 is 1.82 bits per heavy atom. The first-order chi connectivity index (χ1) is 18.7. The van der Waals surface area contributed by atoms with Gasteiger partial charge in [-0.2, -0.15) is 0 Å². The van der Waals surface area contributed by atoms with Crippen LogP contribution in [0.25, 0.3) is 23.1 Å². The summed E-state index contributed by atoms with van der Waals surface area (Å²) in [6.45, 7) is 0.405. The van der Waals surface area contributed by atoms with Gasteiger partial charge >= 0.3 is 0 Å². The number of ether oxygens (including phenoxy) is 1. The van der Waals surface area contributed by atoms with Crippen LogP contribution in [0.2, 0.25) is 0 Å². The Labute approximate surface area is 257 Å². The smallest absolute Gasteiger partial charge is 0.234 e. The van der Waals surface area contributed by atoms with E-state index in [2.05, 4.69) is 4.98 Å². The monoisotopic (exact) mass is 589 g/mol. The molecule has 0 spiro atoms. The molecule has 0 saturated carbocycles. The quantitative estimate of drug-likeness (QED) is 0.287. The van der Waals surface area contributed by atoms with Gasteiger partial charge in [0.1, 0.15) is 12.4 Å². The number of nitrogens with one attached hydrogen (secondary N) is 1. The summed E-state index contributed by atoms with van der Waals surface area (Å²) in [7, 11) is -3.61. The fraction of sp³-hybridized carbons (Fsp3) is 0.172. The molecular formula is C29H24F2N2NaO4S2. The van der Waals surface area contributed by atoms with Crippen molar-refractivity contribution >= 4 is 80.3 Å². The zero-order valence-corrected chi connectivity index (χ0v) is 25.5. The van der Waals surface area contributed by atoms with Crippen molar-refractivity contribution in [3.63, 3.8) is 0 Å². The van der Waals surface area contributed by atoms with Crippen LogP contribution < -0.4 is 9.46 Å². The summed E-state index contributed by atoms with van der Waals surface area (Å²) in [5, 5.41) is 0.367. The molecule has 2 heterocycles. The van der Waals surface area contributed by atoms with Crippen LogP contribution in [0.1, 0.15) is 39.6 Å². The Morgan fingerprint density at radius 1 is 1.05 bits per heavy atom. The van der Waals surface area contributed by atoms with Crippen LogP contribution in [0.15, 0.2) is 66.7 Å². The number of carbonyl (C=O) groups excluding carboxylic acids is 1. The van der Waals surface area contributed by atoms with Gasteiger partial charge in [0.15, 0.2) is 11.6 Å². The normalized spacial score (nSPS) is 14.5. The molecule has 5 rings (SSSR count). The average Bonchev–Trinajstić information content (AvgIpc) is 3.04. The second-order valence-electron chi connectivity index (χ2n) is 9.11. The number of thioether (sulfide) groups is 1. The molecule has 0 bridgehead atoms. The van der Waals surface area contributed by atoms with Crippen molar-refractivity contribution in [1.82, 2.24) is 9.71 Å². The Balaban J connectivity index is 0.00000370. The molecular weight excluding hydrogens is 565 g/mol. The molecule has 1 amide bonds. The van der Waals surface area contributed by atoms with Gasteiger partial charge in [-0.3, -0.25) is 9.52 Å². The molecule has 0 fully saturated rings. The third-order valence-electron chi connectivity index (χ3n) is 6.15. The zero-order valence-electron chi connectivity index (χ0n) is 21.9. The van der Waals surface area contributed by atoms with Crippen molar-refractivity contribution in [3.05, 3.63) is 106 Å². The van der Waals surface area contributed by atoms with Crippen molar-refractivity contribution in [1.29, 1.82) is 0 Å². The van der Waals surface area contributed by atoms with E-state index < -0.39 is 27.6 Å². The summed E-state index contributed by atoms with van der Waals surface area (Å²) in [6.07, 6.45) is 4.68. The van der Waals surface area contributed by atoms with Gasteiger partial charge in [-0.05, 0) is 47.0 Å². The molecule has 1 N–H and O–H groups in total. The van der Waals surface area contributed by atoms with E-state index in [0.717, 1.165) is 46.4 Å². The third-order valence-corrected chi connectivity index (χ3v) is 8.03. The number of amides is 1. The van der Waals surface area contributed by atoms with Gasteiger partial charge in [0.25, 0.3) is 0 Å². The average molecular weight is 590 g/mol. The number of hydrogen-bond donors (Lipinski definition) is 1. The largest absolute Gasteiger partial charge is 0.489 e. The van der Waals surface area contributed by atoms with E-state index in [1.54, 1.807) is 18.2 Å². The summed E-state index contributed by atoms with van der Waals surface area (Å²) < 4.78 is 58.1. The minimum absolute atomic E-state index is 0. The molecule has 0 saturated heterocycles. The van der Waals surface area contributed by atoms with E-state index in [1.807, 2.05) is 53.3 Å². The molecule has 0 aliphatic carbocycles. The SMILES string of the molecule is CS(=O)(=O)NC(=O)CCSC1c2ccccc2COc2ccc(C=Cc3ccc4cc(F)c(F)cc4n3)cc21.[Na]. The van der Waals surface area contributed by atoms with Gasteiger partial charge in [-0.15, -0.1) is 11.8 Å². The topological polar surface area (TPSA) is 85.4 Å². The number of carbonyl (C=O) groups is 1. The molecule has 1 unspecified atom stereocenters. The van der Waals surface area contributed by atoms with Crippen molar-refractivity contribution in [2.75, 3.05) is 12.0 Å². The molecule has 1 atom stereocenters. The van der Waals surface area contributed by atoms with E-state index in [-0.39, 0.29) is 41.2 Å². The van der Waals surface area contributed by atoms with Gasteiger partial charge in [0.2, 0.25) is 15.9 Å². The fourth-order valence-corrected chi connectivity index (χ4v) is 6.19. The number of rotatable bonds is 7. The predicted octanol–water partition coefficient (Wildman–Crippen LogP) is 5.48. The third kappa shape index (κ3) is 7.30. The number of aromatic nitrogens is 1. The zero-order chi connectivity index (χ0) is 27.6. The van der Waals surface area contributed by atoms with E-state index in [1.165, 1.54) is 11.8 Å². The van der Waals surface area contributed by atoms with Crippen molar-refractivity contribution < 1.29 is 26.7 Å². The number of nitrogens with zero attached hydrogens (tertiary/aromatic N) is 1. The molecule has 11 heteroatoms. The molecule has 1 aliphatic heterocycles. The summed E-state index contributed by atoms with van der Waals surface area (Å²) in [4.78, 5) is 16.5. The van der Waals surface area contributed by atoms with Crippen LogP contribution in [0.5, 0.6) is 5.75 Å². The van der Waals surface area contributed by atoms with Gasteiger partial charge in [0.05, 0.1) is 22.7 Å². The maximum Gasteiger partial charge on any atom is 0.234 e. The first-order valence-corrected chi connectivity index (χ1v) is 15.0. The van der Waals surface area contributed by atoms with Crippen LogP contribution >= 0.6 is 11.8 Å². The Kier molecular flexibility index (Phi) is 9.68. The molecule has 6 nitrogen and oxygen atoms in total. The Morgan fingerprint density at radius 3 is 2.62 bits per heavy atom. The number of hydrogen-bond acceptors (Lipinski definition) is 6. The molecule has 4 aromatic rings. The Bertz CT molecular complexity index is 1710. The van der Waals surface area contributed by atoms with E-state index in [4.69, 9.17) is 4.74 Å². The van der Waals surface area contributed by atoms with Gasteiger partial charge in [-0.1, -0.05) is 42.5 Å².